The van der Waals surface area contributed by atoms with Gasteiger partial charge in [-0.25, -0.2) is 18.1 Å². The topological polar surface area (TPSA) is 71.1 Å². The molecule has 1 heterocycles. The molecule has 0 saturated heterocycles. The maximum absolute atomic E-state index is 12.5. The molecule has 6 heteroatoms. The van der Waals surface area contributed by atoms with Gasteiger partial charge in [0.15, 0.2) is 0 Å². The van der Waals surface area contributed by atoms with Gasteiger partial charge in [0.2, 0.25) is 10.0 Å². The number of hydrogen-bond donors (Lipinski definition) is 2. The zero-order valence-corrected chi connectivity index (χ0v) is 12.9. The molecule has 1 aromatic heterocycles. The van der Waals surface area contributed by atoms with E-state index in [1.807, 2.05) is 6.92 Å². The Balaban J connectivity index is 2.16. The van der Waals surface area contributed by atoms with E-state index in [-0.39, 0.29) is 10.9 Å². The molecule has 2 rings (SSSR count). The Bertz CT molecular complexity index is 545. The molecule has 1 saturated carbocycles. The third kappa shape index (κ3) is 3.70. The van der Waals surface area contributed by atoms with Crippen molar-refractivity contribution in [3.8, 4) is 0 Å². The molecule has 112 valence electrons. The highest BCUT2D eigenvalue weighted by Crippen LogP contribution is 2.27. The number of hydrogen-bond acceptors (Lipinski definition) is 4. The van der Waals surface area contributed by atoms with E-state index in [1.165, 1.54) is 0 Å². The first-order chi connectivity index (χ1) is 9.53. The standard InChI is InChI=1S/C14H23N3O2S/c1-3-8-15-14-13(5-4-9-16-14)20(18,19)17-12-7-6-11(2)10-12/h4-5,9,11-12,17H,3,6-8,10H2,1-2H3,(H,15,16). The maximum Gasteiger partial charge on any atom is 0.244 e. The van der Waals surface area contributed by atoms with Crippen molar-refractivity contribution in [3.05, 3.63) is 18.3 Å². The van der Waals surface area contributed by atoms with Gasteiger partial charge in [-0.2, -0.15) is 0 Å². The fourth-order valence-electron chi connectivity index (χ4n) is 2.58. The van der Waals surface area contributed by atoms with Gasteiger partial charge in [0.25, 0.3) is 0 Å². The molecule has 0 aromatic carbocycles. The molecule has 2 N–H and O–H groups in total. The minimum atomic E-state index is -3.50. The summed E-state index contributed by atoms with van der Waals surface area (Å²) in [5, 5.41) is 3.07. The predicted molar refractivity (Wildman–Crippen MR) is 80.1 cm³/mol. The van der Waals surface area contributed by atoms with Gasteiger partial charge in [-0.05, 0) is 43.7 Å². The minimum Gasteiger partial charge on any atom is -0.369 e. The molecule has 0 amide bonds. The van der Waals surface area contributed by atoms with Gasteiger partial charge in [-0.3, -0.25) is 0 Å². The lowest BCUT2D eigenvalue weighted by Gasteiger charge is -2.15. The Hall–Kier alpha value is -1.14. The Labute approximate surface area is 121 Å². The van der Waals surface area contributed by atoms with Crippen LogP contribution >= 0.6 is 0 Å². The summed E-state index contributed by atoms with van der Waals surface area (Å²) in [6, 6.07) is 3.31. The normalized spacial score (nSPS) is 22.9. The van der Waals surface area contributed by atoms with E-state index in [2.05, 4.69) is 21.9 Å². The molecular formula is C14H23N3O2S. The number of nitrogens with one attached hydrogen (secondary N) is 2. The molecule has 2 atom stereocenters. The second-order valence-electron chi connectivity index (χ2n) is 5.51. The van der Waals surface area contributed by atoms with Gasteiger partial charge in [0.1, 0.15) is 10.7 Å². The summed E-state index contributed by atoms with van der Waals surface area (Å²) < 4.78 is 27.8. The summed E-state index contributed by atoms with van der Waals surface area (Å²) in [5.41, 5.74) is 0. The van der Waals surface area contributed by atoms with E-state index in [0.29, 0.717) is 18.3 Å². The highest BCUT2D eigenvalue weighted by molar-refractivity contribution is 7.89. The van der Waals surface area contributed by atoms with Crippen molar-refractivity contribution in [2.24, 2.45) is 5.92 Å². The molecule has 0 bridgehead atoms. The number of anilines is 1. The second kappa shape index (κ2) is 6.54. The van der Waals surface area contributed by atoms with E-state index in [0.717, 1.165) is 25.7 Å². The van der Waals surface area contributed by atoms with Gasteiger partial charge in [-0.1, -0.05) is 13.8 Å². The smallest absolute Gasteiger partial charge is 0.244 e. The molecule has 2 unspecified atom stereocenters. The molecule has 20 heavy (non-hydrogen) atoms. The minimum absolute atomic E-state index is 0.0502. The molecule has 1 aliphatic rings. The van der Waals surface area contributed by atoms with Gasteiger partial charge >= 0.3 is 0 Å². The van der Waals surface area contributed by atoms with Gasteiger partial charge < -0.3 is 5.32 Å². The largest absolute Gasteiger partial charge is 0.369 e. The molecule has 1 aliphatic carbocycles. The summed E-state index contributed by atoms with van der Waals surface area (Å²) >= 11 is 0. The number of aromatic nitrogens is 1. The Morgan fingerprint density at radius 2 is 2.20 bits per heavy atom. The zero-order valence-electron chi connectivity index (χ0n) is 12.1. The van der Waals surface area contributed by atoms with E-state index in [9.17, 15) is 8.42 Å². The van der Waals surface area contributed by atoms with Crippen LogP contribution in [0.25, 0.3) is 0 Å². The van der Waals surface area contributed by atoms with Crippen molar-refractivity contribution < 1.29 is 8.42 Å². The van der Waals surface area contributed by atoms with E-state index in [1.54, 1.807) is 18.3 Å². The molecule has 5 nitrogen and oxygen atoms in total. The van der Waals surface area contributed by atoms with Crippen molar-refractivity contribution in [1.82, 2.24) is 9.71 Å². The lowest BCUT2D eigenvalue weighted by atomic mass is 10.1. The molecule has 0 spiro atoms. The van der Waals surface area contributed by atoms with Crippen LogP contribution in [-0.4, -0.2) is 26.0 Å². The summed E-state index contributed by atoms with van der Waals surface area (Å²) in [4.78, 5) is 4.39. The van der Waals surface area contributed by atoms with Crippen LogP contribution in [0.1, 0.15) is 39.5 Å². The fraction of sp³-hybridized carbons (Fsp3) is 0.643. The van der Waals surface area contributed by atoms with Crippen LogP contribution in [0, 0.1) is 5.92 Å². The molecule has 1 aromatic rings. The predicted octanol–water partition coefficient (Wildman–Crippen LogP) is 2.37. The molecular weight excluding hydrogens is 274 g/mol. The fourth-order valence-corrected chi connectivity index (χ4v) is 4.00. The van der Waals surface area contributed by atoms with Gasteiger partial charge in [0, 0.05) is 18.8 Å². The van der Waals surface area contributed by atoms with Crippen molar-refractivity contribution in [1.29, 1.82) is 0 Å². The van der Waals surface area contributed by atoms with Gasteiger partial charge in [0.05, 0.1) is 0 Å². The lowest BCUT2D eigenvalue weighted by Crippen LogP contribution is -2.33. The average Bonchev–Trinajstić information content (AvgIpc) is 2.81. The Morgan fingerprint density at radius 1 is 1.40 bits per heavy atom. The van der Waals surface area contributed by atoms with E-state index < -0.39 is 10.0 Å². The monoisotopic (exact) mass is 297 g/mol. The third-order valence-corrected chi connectivity index (χ3v) is 5.17. The van der Waals surface area contributed by atoms with Crippen molar-refractivity contribution in [3.63, 3.8) is 0 Å². The second-order valence-corrected chi connectivity index (χ2v) is 7.20. The lowest BCUT2D eigenvalue weighted by molar-refractivity contribution is 0.538. The van der Waals surface area contributed by atoms with Crippen LogP contribution in [-0.2, 0) is 10.0 Å². The van der Waals surface area contributed by atoms with Crippen LogP contribution in [0.2, 0.25) is 0 Å². The highest BCUT2D eigenvalue weighted by atomic mass is 32.2. The Kier molecular flexibility index (Phi) is 4.99. The van der Waals surface area contributed by atoms with E-state index >= 15 is 0 Å². The summed E-state index contributed by atoms with van der Waals surface area (Å²) in [6.45, 7) is 4.90. The first-order valence-corrected chi connectivity index (χ1v) is 8.72. The average molecular weight is 297 g/mol. The molecule has 0 radical (unpaired) electrons. The molecule has 1 fully saturated rings. The summed E-state index contributed by atoms with van der Waals surface area (Å²) in [5.74, 6) is 1.03. The SMILES string of the molecule is CCCNc1ncccc1S(=O)(=O)NC1CCC(C)C1. The zero-order chi connectivity index (χ0) is 14.6. The van der Waals surface area contributed by atoms with Crippen LogP contribution in [0.5, 0.6) is 0 Å². The first kappa shape index (κ1) is 15.3. The number of nitrogens with zero attached hydrogens (tertiary/aromatic N) is 1. The maximum atomic E-state index is 12.5. The van der Waals surface area contributed by atoms with Crippen LogP contribution in [0.3, 0.4) is 0 Å². The molecule has 0 aliphatic heterocycles. The summed E-state index contributed by atoms with van der Waals surface area (Å²) in [7, 11) is -3.50. The third-order valence-electron chi connectivity index (χ3n) is 3.62. The van der Waals surface area contributed by atoms with E-state index in [4.69, 9.17) is 0 Å². The quantitative estimate of drug-likeness (QED) is 0.845. The van der Waals surface area contributed by atoms with Crippen molar-refractivity contribution in [2.75, 3.05) is 11.9 Å². The van der Waals surface area contributed by atoms with Crippen LogP contribution in [0.15, 0.2) is 23.2 Å². The van der Waals surface area contributed by atoms with Crippen LogP contribution in [0.4, 0.5) is 5.82 Å². The van der Waals surface area contributed by atoms with Crippen molar-refractivity contribution in [2.45, 2.75) is 50.5 Å². The van der Waals surface area contributed by atoms with Crippen molar-refractivity contribution >= 4 is 15.8 Å². The summed E-state index contributed by atoms with van der Waals surface area (Å²) in [6.07, 6.45) is 5.44. The van der Waals surface area contributed by atoms with Crippen LogP contribution < -0.4 is 10.0 Å². The highest BCUT2D eigenvalue weighted by Gasteiger charge is 2.28. The number of rotatable bonds is 6. The first-order valence-electron chi connectivity index (χ1n) is 7.24. The number of pyridine rings is 1. The number of sulfonamides is 1. The van der Waals surface area contributed by atoms with Gasteiger partial charge in [-0.15, -0.1) is 0 Å². The Morgan fingerprint density at radius 3 is 2.85 bits per heavy atom.